The molecule has 11 nitrogen and oxygen atoms in total. The highest BCUT2D eigenvalue weighted by Gasteiger charge is 2.25. The molecule has 43 heavy (non-hydrogen) atoms. The number of hydrogen-bond acceptors (Lipinski definition) is 9. The van der Waals surface area contributed by atoms with Gasteiger partial charge in [0.2, 0.25) is 0 Å². The van der Waals surface area contributed by atoms with E-state index in [9.17, 15) is 14.4 Å². The minimum absolute atomic E-state index is 0.0783. The maximum absolute atomic E-state index is 14.1. The molecule has 0 bridgehead atoms. The molecule has 0 atom stereocenters. The number of para-hydroxylation sites is 1. The molecule has 0 aliphatic carbocycles. The van der Waals surface area contributed by atoms with E-state index in [2.05, 4.69) is 16.8 Å². The van der Waals surface area contributed by atoms with Crippen LogP contribution in [0.4, 0.5) is 4.79 Å². The van der Waals surface area contributed by atoms with Crippen molar-refractivity contribution in [1.82, 2.24) is 29.6 Å². The van der Waals surface area contributed by atoms with Crippen LogP contribution in [-0.2, 0) is 11.3 Å². The number of amides is 1. The molecule has 2 saturated heterocycles. The molecule has 1 amide bonds. The van der Waals surface area contributed by atoms with Gasteiger partial charge in [-0.05, 0) is 44.2 Å². The van der Waals surface area contributed by atoms with Gasteiger partial charge < -0.3 is 19.7 Å². The van der Waals surface area contributed by atoms with Crippen LogP contribution >= 0.6 is 0 Å². The Morgan fingerprint density at radius 3 is 2.49 bits per heavy atom. The second-order valence-electron chi connectivity index (χ2n) is 11.1. The Labute approximate surface area is 251 Å². The molecular weight excluding hydrogens is 548 g/mol. The lowest BCUT2D eigenvalue weighted by atomic mass is 10.1. The predicted octanol–water partition coefficient (Wildman–Crippen LogP) is 2.70. The maximum Gasteiger partial charge on any atom is 0.410 e. The van der Waals surface area contributed by atoms with E-state index in [0.29, 0.717) is 66.5 Å². The summed E-state index contributed by atoms with van der Waals surface area (Å²) in [6.07, 6.45) is 1.02. The molecule has 2 aliphatic rings. The first-order valence-electron chi connectivity index (χ1n) is 14.9. The number of piperazine rings is 2. The van der Waals surface area contributed by atoms with Gasteiger partial charge in [0, 0.05) is 57.9 Å². The summed E-state index contributed by atoms with van der Waals surface area (Å²) in [5.74, 6) is 1.03. The smallest absolute Gasteiger partial charge is 0.410 e. The average molecular weight is 589 g/mol. The molecule has 0 unspecified atom stereocenters. The number of hydrogen-bond donors (Lipinski definition) is 1. The van der Waals surface area contributed by atoms with Crippen molar-refractivity contribution >= 4 is 22.8 Å². The first kappa shape index (κ1) is 30.4. The number of aromatic nitrogens is 2. The van der Waals surface area contributed by atoms with Crippen LogP contribution in [0.1, 0.15) is 30.0 Å². The van der Waals surface area contributed by atoms with Gasteiger partial charge in [-0.1, -0.05) is 24.8 Å². The van der Waals surface area contributed by atoms with Gasteiger partial charge in [0.15, 0.2) is 5.78 Å². The van der Waals surface area contributed by atoms with Gasteiger partial charge >= 0.3 is 6.09 Å². The van der Waals surface area contributed by atoms with Crippen LogP contribution < -0.4 is 15.6 Å². The maximum atomic E-state index is 14.1. The number of fused-ring (bicyclic) bond motifs is 1. The number of carbonyl (C=O) groups excluding carboxylic acids is 2. The molecule has 3 aromatic rings. The monoisotopic (exact) mass is 588 g/mol. The fourth-order valence-electron chi connectivity index (χ4n) is 5.43. The van der Waals surface area contributed by atoms with Gasteiger partial charge in [0.25, 0.3) is 5.56 Å². The third-order valence-electron chi connectivity index (χ3n) is 7.63. The summed E-state index contributed by atoms with van der Waals surface area (Å²) >= 11 is 0. The molecule has 0 spiro atoms. The molecule has 2 aromatic carbocycles. The number of Topliss-reactive ketones (excluding diaryl/α,β-unsaturated/α-hetero) is 1. The van der Waals surface area contributed by atoms with Crippen LogP contribution in [0.5, 0.6) is 5.75 Å². The summed E-state index contributed by atoms with van der Waals surface area (Å²) in [6.45, 7) is 13.8. The zero-order chi connectivity index (χ0) is 30.3. The standard InChI is InChI=1S/C32H40N6O5/c1-4-19-42-32(41)37-17-15-36(16-18-37)21-28(39)24-9-10-29(43-23(2)3)27(20-24)38-30(22-35-13-11-33-12-14-35)34-26-8-6-5-7-25(26)31(38)40/h4-10,20,23,33H,1,11-19,21-22H2,2-3H3. The first-order chi connectivity index (χ1) is 20.8. The Morgan fingerprint density at radius 2 is 1.77 bits per heavy atom. The van der Waals surface area contributed by atoms with Crippen molar-refractivity contribution in [3.8, 4) is 11.4 Å². The van der Waals surface area contributed by atoms with Crippen molar-refractivity contribution in [1.29, 1.82) is 0 Å². The van der Waals surface area contributed by atoms with E-state index in [0.717, 1.165) is 26.2 Å². The van der Waals surface area contributed by atoms with Crippen molar-refractivity contribution < 1.29 is 19.1 Å². The molecule has 0 radical (unpaired) electrons. The van der Waals surface area contributed by atoms with E-state index < -0.39 is 0 Å². The molecular formula is C32H40N6O5. The molecule has 2 aliphatic heterocycles. The minimum Gasteiger partial charge on any atom is -0.489 e. The molecule has 1 N–H and O–H groups in total. The van der Waals surface area contributed by atoms with Crippen molar-refractivity contribution in [3.63, 3.8) is 0 Å². The Morgan fingerprint density at radius 1 is 1.02 bits per heavy atom. The normalized spacial score (nSPS) is 16.4. The first-order valence-corrected chi connectivity index (χ1v) is 14.9. The minimum atomic E-state index is -0.373. The molecule has 2 fully saturated rings. The quantitative estimate of drug-likeness (QED) is 0.283. The Hall–Kier alpha value is -4.06. The van der Waals surface area contributed by atoms with Gasteiger partial charge in [-0.25, -0.2) is 9.78 Å². The van der Waals surface area contributed by atoms with E-state index in [1.807, 2.05) is 36.9 Å². The Kier molecular flexibility index (Phi) is 9.86. The molecule has 5 rings (SSSR count). The summed E-state index contributed by atoms with van der Waals surface area (Å²) in [6, 6.07) is 12.6. The molecule has 228 valence electrons. The SMILES string of the molecule is C=CCOC(=O)N1CCN(CC(=O)c2ccc(OC(C)C)c(-n3c(CN4CCNCC4)nc4ccccc4c3=O)c2)CC1. The third kappa shape index (κ3) is 7.30. The highest BCUT2D eigenvalue weighted by molar-refractivity contribution is 5.98. The lowest BCUT2D eigenvalue weighted by Gasteiger charge is -2.33. The summed E-state index contributed by atoms with van der Waals surface area (Å²) < 4.78 is 12.9. The Bertz CT molecular complexity index is 1520. The molecule has 0 saturated carbocycles. The lowest BCUT2D eigenvalue weighted by Crippen LogP contribution is -2.50. The molecule has 11 heteroatoms. The van der Waals surface area contributed by atoms with E-state index in [1.54, 1.807) is 33.7 Å². The highest BCUT2D eigenvalue weighted by atomic mass is 16.6. The second kappa shape index (κ2) is 13.9. The topological polar surface area (TPSA) is 109 Å². The van der Waals surface area contributed by atoms with Crippen molar-refractivity contribution in [2.75, 3.05) is 65.5 Å². The number of ketones is 1. The zero-order valence-electron chi connectivity index (χ0n) is 25.0. The summed E-state index contributed by atoms with van der Waals surface area (Å²) in [4.78, 5) is 50.7. The number of rotatable bonds is 10. The van der Waals surface area contributed by atoms with Crippen LogP contribution in [0.15, 0.2) is 59.9 Å². The highest BCUT2D eigenvalue weighted by Crippen LogP contribution is 2.27. The third-order valence-corrected chi connectivity index (χ3v) is 7.63. The van der Waals surface area contributed by atoms with Crippen molar-refractivity contribution in [3.05, 3.63) is 76.9 Å². The predicted molar refractivity (Wildman–Crippen MR) is 165 cm³/mol. The molecule has 3 heterocycles. The van der Waals surface area contributed by atoms with E-state index in [-0.39, 0.29) is 36.7 Å². The number of nitrogens with zero attached hydrogens (tertiary/aromatic N) is 5. The summed E-state index contributed by atoms with van der Waals surface area (Å²) in [5.41, 5.74) is 1.42. The van der Waals surface area contributed by atoms with Crippen LogP contribution in [0.2, 0.25) is 0 Å². The van der Waals surface area contributed by atoms with E-state index in [1.165, 1.54) is 6.08 Å². The van der Waals surface area contributed by atoms with Crippen LogP contribution in [0, 0.1) is 0 Å². The second-order valence-corrected chi connectivity index (χ2v) is 11.1. The number of benzene rings is 2. The number of ether oxygens (including phenoxy) is 2. The average Bonchev–Trinajstić information content (AvgIpc) is 3.01. The summed E-state index contributed by atoms with van der Waals surface area (Å²) in [7, 11) is 0. The number of carbonyl (C=O) groups is 2. The van der Waals surface area contributed by atoms with Gasteiger partial charge in [0.1, 0.15) is 18.2 Å². The van der Waals surface area contributed by atoms with Gasteiger partial charge in [-0.15, -0.1) is 0 Å². The van der Waals surface area contributed by atoms with Crippen LogP contribution in [0.25, 0.3) is 16.6 Å². The van der Waals surface area contributed by atoms with E-state index >= 15 is 0 Å². The fourth-order valence-corrected chi connectivity index (χ4v) is 5.43. The van der Waals surface area contributed by atoms with Crippen LogP contribution in [-0.4, -0.2) is 108 Å². The number of nitrogens with one attached hydrogen (secondary N) is 1. The zero-order valence-corrected chi connectivity index (χ0v) is 25.0. The largest absolute Gasteiger partial charge is 0.489 e. The van der Waals surface area contributed by atoms with Crippen molar-refractivity contribution in [2.45, 2.75) is 26.5 Å². The van der Waals surface area contributed by atoms with E-state index in [4.69, 9.17) is 14.5 Å². The molecule has 1 aromatic heterocycles. The van der Waals surface area contributed by atoms with Gasteiger partial charge in [-0.3, -0.25) is 24.0 Å². The van der Waals surface area contributed by atoms with Gasteiger partial charge in [0.05, 0.1) is 35.8 Å². The van der Waals surface area contributed by atoms with Gasteiger partial charge in [-0.2, -0.15) is 0 Å². The summed E-state index contributed by atoms with van der Waals surface area (Å²) in [5, 5.41) is 3.87. The Balaban J connectivity index is 1.46. The lowest BCUT2D eigenvalue weighted by molar-refractivity contribution is 0.0753. The van der Waals surface area contributed by atoms with Crippen molar-refractivity contribution in [2.24, 2.45) is 0 Å². The fraction of sp³-hybridized carbons (Fsp3) is 0.438. The van der Waals surface area contributed by atoms with Crippen LogP contribution in [0.3, 0.4) is 0 Å².